The number of fused-ring (bicyclic) bond motifs is 1. The van der Waals surface area contributed by atoms with E-state index in [1.165, 1.54) is 12.8 Å². The van der Waals surface area contributed by atoms with E-state index in [2.05, 4.69) is 20.1 Å². The van der Waals surface area contributed by atoms with Gasteiger partial charge in [0.1, 0.15) is 11.6 Å². The maximum atomic E-state index is 12.4. The van der Waals surface area contributed by atoms with Crippen molar-refractivity contribution in [2.24, 2.45) is 0 Å². The zero-order valence-corrected chi connectivity index (χ0v) is 15.5. The lowest BCUT2D eigenvalue weighted by atomic mass is 10.2. The van der Waals surface area contributed by atoms with Crippen molar-refractivity contribution in [2.75, 3.05) is 20.3 Å². The number of hydrogen-bond donors (Lipinski definition) is 1. The first kappa shape index (κ1) is 18.2. The number of aromatic nitrogens is 3. The molecule has 0 spiro atoms. The SMILES string of the molecule is CCOc1ccc(C(=O)NCCc2nnc3n2CCCCC3)cc1OC. The summed E-state index contributed by atoms with van der Waals surface area (Å²) in [6, 6.07) is 5.20. The van der Waals surface area contributed by atoms with E-state index in [0.29, 0.717) is 36.6 Å². The molecule has 3 rings (SSSR count). The number of nitrogens with zero attached hydrogens (tertiary/aromatic N) is 3. The monoisotopic (exact) mass is 358 g/mol. The Morgan fingerprint density at radius 1 is 1.23 bits per heavy atom. The van der Waals surface area contributed by atoms with Crippen LogP contribution in [0.3, 0.4) is 0 Å². The molecule has 0 bridgehead atoms. The average Bonchev–Trinajstić information content (AvgIpc) is 2.88. The van der Waals surface area contributed by atoms with Gasteiger partial charge < -0.3 is 19.4 Å². The molecule has 0 unspecified atom stereocenters. The average molecular weight is 358 g/mol. The second kappa shape index (κ2) is 8.69. The fourth-order valence-electron chi connectivity index (χ4n) is 3.20. The van der Waals surface area contributed by atoms with Crippen molar-refractivity contribution in [3.8, 4) is 11.5 Å². The quantitative estimate of drug-likeness (QED) is 0.822. The van der Waals surface area contributed by atoms with Crippen LogP contribution in [0.5, 0.6) is 11.5 Å². The molecule has 1 aliphatic heterocycles. The van der Waals surface area contributed by atoms with Crippen molar-refractivity contribution in [1.29, 1.82) is 0 Å². The van der Waals surface area contributed by atoms with Crippen molar-refractivity contribution in [3.63, 3.8) is 0 Å². The molecule has 1 aromatic heterocycles. The van der Waals surface area contributed by atoms with Crippen LogP contribution in [0.1, 0.15) is 48.2 Å². The normalized spacial score (nSPS) is 13.6. The fraction of sp³-hybridized carbons (Fsp3) is 0.526. The third kappa shape index (κ3) is 4.15. The van der Waals surface area contributed by atoms with Gasteiger partial charge in [-0.2, -0.15) is 0 Å². The third-order valence-electron chi connectivity index (χ3n) is 4.55. The van der Waals surface area contributed by atoms with Crippen LogP contribution in [0.2, 0.25) is 0 Å². The van der Waals surface area contributed by atoms with Gasteiger partial charge in [0.15, 0.2) is 11.5 Å². The molecule has 0 atom stereocenters. The number of carbonyl (C=O) groups excluding carboxylic acids is 1. The van der Waals surface area contributed by atoms with Crippen molar-refractivity contribution in [2.45, 2.75) is 45.6 Å². The first-order chi connectivity index (χ1) is 12.7. The maximum Gasteiger partial charge on any atom is 0.251 e. The van der Waals surface area contributed by atoms with Gasteiger partial charge in [0, 0.05) is 31.5 Å². The van der Waals surface area contributed by atoms with Crippen LogP contribution in [-0.4, -0.2) is 40.9 Å². The van der Waals surface area contributed by atoms with E-state index in [9.17, 15) is 4.79 Å². The molecule has 1 aliphatic rings. The Morgan fingerprint density at radius 3 is 2.92 bits per heavy atom. The van der Waals surface area contributed by atoms with Gasteiger partial charge in [-0.25, -0.2) is 0 Å². The number of amides is 1. The molecule has 1 N–H and O–H groups in total. The Kier molecular flexibility index (Phi) is 6.09. The van der Waals surface area contributed by atoms with Gasteiger partial charge in [0.25, 0.3) is 5.91 Å². The molecule has 2 heterocycles. The Balaban J connectivity index is 1.58. The lowest BCUT2D eigenvalue weighted by Gasteiger charge is -2.11. The smallest absolute Gasteiger partial charge is 0.251 e. The molecule has 0 radical (unpaired) electrons. The van der Waals surface area contributed by atoms with Crippen molar-refractivity contribution >= 4 is 5.91 Å². The van der Waals surface area contributed by atoms with Crippen LogP contribution in [0.4, 0.5) is 0 Å². The minimum atomic E-state index is -0.137. The van der Waals surface area contributed by atoms with E-state index in [0.717, 1.165) is 31.0 Å². The second-order valence-corrected chi connectivity index (χ2v) is 6.30. The first-order valence-corrected chi connectivity index (χ1v) is 9.23. The number of hydrogen-bond acceptors (Lipinski definition) is 5. The molecular formula is C19H26N4O3. The van der Waals surface area contributed by atoms with E-state index < -0.39 is 0 Å². The van der Waals surface area contributed by atoms with E-state index in [-0.39, 0.29) is 5.91 Å². The third-order valence-corrected chi connectivity index (χ3v) is 4.55. The standard InChI is InChI=1S/C19H26N4O3/c1-3-26-15-9-8-14(13-16(15)25-2)19(24)20-11-10-18-22-21-17-7-5-4-6-12-23(17)18/h8-9,13H,3-7,10-12H2,1-2H3,(H,20,24). The van der Waals surface area contributed by atoms with Crippen molar-refractivity contribution in [3.05, 3.63) is 35.4 Å². The summed E-state index contributed by atoms with van der Waals surface area (Å²) in [7, 11) is 1.57. The minimum absolute atomic E-state index is 0.137. The van der Waals surface area contributed by atoms with Gasteiger partial charge in [0.2, 0.25) is 0 Å². The van der Waals surface area contributed by atoms with E-state index in [1.807, 2.05) is 6.92 Å². The first-order valence-electron chi connectivity index (χ1n) is 9.23. The summed E-state index contributed by atoms with van der Waals surface area (Å²) in [6.07, 6.45) is 5.24. The Bertz CT molecular complexity index is 757. The van der Waals surface area contributed by atoms with Crippen LogP contribution in [-0.2, 0) is 19.4 Å². The Hall–Kier alpha value is -2.57. The highest BCUT2D eigenvalue weighted by molar-refractivity contribution is 5.94. The molecule has 7 nitrogen and oxygen atoms in total. The predicted molar refractivity (Wildman–Crippen MR) is 97.8 cm³/mol. The van der Waals surface area contributed by atoms with Gasteiger partial charge in [-0.3, -0.25) is 4.79 Å². The molecule has 0 saturated heterocycles. The number of benzene rings is 1. The van der Waals surface area contributed by atoms with Gasteiger partial charge in [-0.15, -0.1) is 10.2 Å². The number of methoxy groups -OCH3 is 1. The van der Waals surface area contributed by atoms with Crippen LogP contribution in [0.25, 0.3) is 0 Å². The topological polar surface area (TPSA) is 78.3 Å². The number of aryl methyl sites for hydroxylation is 1. The minimum Gasteiger partial charge on any atom is -0.493 e. The van der Waals surface area contributed by atoms with Crippen molar-refractivity contribution < 1.29 is 14.3 Å². The molecule has 0 aliphatic carbocycles. The van der Waals surface area contributed by atoms with E-state index in [4.69, 9.17) is 9.47 Å². The van der Waals surface area contributed by atoms with Crippen LogP contribution < -0.4 is 14.8 Å². The van der Waals surface area contributed by atoms with Gasteiger partial charge in [0.05, 0.1) is 13.7 Å². The molecule has 0 fully saturated rings. The highest BCUT2D eigenvalue weighted by atomic mass is 16.5. The lowest BCUT2D eigenvalue weighted by Crippen LogP contribution is -2.26. The van der Waals surface area contributed by atoms with E-state index in [1.54, 1.807) is 25.3 Å². The number of ether oxygens (including phenoxy) is 2. The summed E-state index contributed by atoms with van der Waals surface area (Å²) in [6.45, 7) is 3.95. The molecule has 7 heteroatoms. The van der Waals surface area contributed by atoms with E-state index >= 15 is 0 Å². The Labute approximate surface area is 153 Å². The van der Waals surface area contributed by atoms with Crippen LogP contribution >= 0.6 is 0 Å². The highest BCUT2D eigenvalue weighted by Crippen LogP contribution is 2.28. The highest BCUT2D eigenvalue weighted by Gasteiger charge is 2.15. The lowest BCUT2D eigenvalue weighted by molar-refractivity contribution is 0.0953. The maximum absolute atomic E-state index is 12.4. The molecule has 140 valence electrons. The molecule has 0 saturated carbocycles. The number of nitrogens with one attached hydrogen (secondary N) is 1. The van der Waals surface area contributed by atoms with Crippen LogP contribution in [0.15, 0.2) is 18.2 Å². The van der Waals surface area contributed by atoms with Gasteiger partial charge in [-0.1, -0.05) is 6.42 Å². The summed E-state index contributed by atoms with van der Waals surface area (Å²) in [4.78, 5) is 12.4. The summed E-state index contributed by atoms with van der Waals surface area (Å²) in [5.74, 6) is 3.08. The van der Waals surface area contributed by atoms with Crippen molar-refractivity contribution in [1.82, 2.24) is 20.1 Å². The summed E-state index contributed by atoms with van der Waals surface area (Å²) in [5, 5.41) is 11.5. The van der Waals surface area contributed by atoms with Crippen LogP contribution in [0, 0.1) is 0 Å². The number of rotatable bonds is 7. The summed E-state index contributed by atoms with van der Waals surface area (Å²) in [5.41, 5.74) is 0.547. The molecular weight excluding hydrogens is 332 g/mol. The predicted octanol–water partition coefficient (Wildman–Crippen LogP) is 2.38. The number of carbonyl (C=O) groups is 1. The fourth-order valence-corrected chi connectivity index (χ4v) is 3.20. The summed E-state index contributed by atoms with van der Waals surface area (Å²) >= 11 is 0. The van der Waals surface area contributed by atoms with Gasteiger partial charge in [-0.05, 0) is 38.0 Å². The van der Waals surface area contributed by atoms with Gasteiger partial charge >= 0.3 is 0 Å². The Morgan fingerprint density at radius 2 is 2.12 bits per heavy atom. The molecule has 2 aromatic rings. The second-order valence-electron chi connectivity index (χ2n) is 6.30. The zero-order valence-electron chi connectivity index (χ0n) is 15.5. The molecule has 26 heavy (non-hydrogen) atoms. The largest absolute Gasteiger partial charge is 0.493 e. The molecule has 1 amide bonds. The zero-order chi connectivity index (χ0) is 18.4. The molecule has 1 aromatic carbocycles. The summed E-state index contributed by atoms with van der Waals surface area (Å²) < 4.78 is 13.0.